The Balaban J connectivity index is 2.05. The van der Waals surface area contributed by atoms with Crippen molar-refractivity contribution in [3.63, 3.8) is 0 Å². The van der Waals surface area contributed by atoms with Crippen molar-refractivity contribution >= 4 is 23.2 Å². The Morgan fingerprint density at radius 1 is 1.06 bits per heavy atom. The van der Waals surface area contributed by atoms with Crippen molar-refractivity contribution in [2.45, 2.75) is 13.0 Å². The Labute approximate surface area is 113 Å². The highest BCUT2D eigenvalue weighted by Crippen LogP contribution is 2.23. The lowest BCUT2D eigenvalue weighted by atomic mass is 10.2. The van der Waals surface area contributed by atoms with Crippen molar-refractivity contribution in [1.29, 1.82) is 0 Å². The van der Waals surface area contributed by atoms with Gasteiger partial charge in [-0.1, -0.05) is 29.3 Å². The summed E-state index contributed by atoms with van der Waals surface area (Å²) in [4.78, 5) is 3.22. The van der Waals surface area contributed by atoms with Gasteiger partial charge in [0.25, 0.3) is 0 Å². The standard InChI is InChI=1S/C13H18Cl2N2/c1-16-6-3-7-17(9-8-16)10-11-12(14)4-2-5-13(11)15/h2,4-5H,3,6-10H2,1H3/p+2. The number of rotatable bonds is 2. The monoisotopic (exact) mass is 274 g/mol. The number of halogens is 2. The molecule has 1 aromatic carbocycles. The van der Waals surface area contributed by atoms with Gasteiger partial charge in [0.2, 0.25) is 0 Å². The van der Waals surface area contributed by atoms with E-state index in [9.17, 15) is 0 Å². The second kappa shape index (κ2) is 6.05. The Kier molecular flexibility index (Phi) is 4.69. The Bertz CT molecular complexity index is 361. The minimum Gasteiger partial charge on any atom is -0.333 e. The highest BCUT2D eigenvalue weighted by molar-refractivity contribution is 6.35. The summed E-state index contributed by atoms with van der Waals surface area (Å²) in [5, 5.41) is 1.60. The van der Waals surface area contributed by atoms with E-state index >= 15 is 0 Å². The van der Waals surface area contributed by atoms with Crippen molar-refractivity contribution < 1.29 is 9.80 Å². The fraction of sp³-hybridized carbons (Fsp3) is 0.538. The van der Waals surface area contributed by atoms with Crippen molar-refractivity contribution in [3.05, 3.63) is 33.8 Å². The van der Waals surface area contributed by atoms with Crippen LogP contribution in [0.3, 0.4) is 0 Å². The molecule has 17 heavy (non-hydrogen) atoms. The van der Waals surface area contributed by atoms with Crippen LogP contribution in [0.1, 0.15) is 12.0 Å². The average molecular weight is 275 g/mol. The number of benzene rings is 1. The van der Waals surface area contributed by atoms with Crippen LogP contribution in [0, 0.1) is 0 Å². The van der Waals surface area contributed by atoms with Crippen LogP contribution in [0.5, 0.6) is 0 Å². The van der Waals surface area contributed by atoms with Gasteiger partial charge in [0.05, 0.1) is 30.2 Å². The predicted octanol–water partition coefficient (Wildman–Crippen LogP) is 0.297. The molecule has 2 atom stereocenters. The second-order valence-corrected chi connectivity index (χ2v) is 5.75. The normalized spacial score (nSPS) is 25.6. The molecule has 0 amide bonds. The van der Waals surface area contributed by atoms with Crippen molar-refractivity contribution in [1.82, 2.24) is 0 Å². The highest BCUT2D eigenvalue weighted by atomic mass is 35.5. The molecule has 2 rings (SSSR count). The molecular formula is C13H20Cl2N2+2. The van der Waals surface area contributed by atoms with Gasteiger partial charge in [-0.3, -0.25) is 0 Å². The summed E-state index contributed by atoms with van der Waals surface area (Å²) in [5.74, 6) is 0. The number of hydrogen-bond donors (Lipinski definition) is 2. The van der Waals surface area contributed by atoms with Crippen LogP contribution < -0.4 is 9.80 Å². The van der Waals surface area contributed by atoms with Crippen molar-refractivity contribution in [3.8, 4) is 0 Å². The van der Waals surface area contributed by atoms with Crippen LogP contribution in [-0.2, 0) is 6.54 Å². The zero-order valence-electron chi connectivity index (χ0n) is 10.2. The van der Waals surface area contributed by atoms with E-state index < -0.39 is 0 Å². The average Bonchev–Trinajstić information content (AvgIpc) is 2.49. The Hall–Kier alpha value is -0.280. The molecule has 1 saturated heterocycles. The zero-order valence-corrected chi connectivity index (χ0v) is 11.7. The van der Waals surface area contributed by atoms with Crippen LogP contribution >= 0.6 is 23.2 Å². The maximum absolute atomic E-state index is 6.22. The van der Waals surface area contributed by atoms with E-state index in [1.54, 1.807) is 9.80 Å². The molecule has 1 fully saturated rings. The largest absolute Gasteiger partial charge is 0.333 e. The molecule has 0 radical (unpaired) electrons. The summed E-state index contributed by atoms with van der Waals surface area (Å²) < 4.78 is 0. The topological polar surface area (TPSA) is 8.88 Å². The number of hydrogen-bond acceptors (Lipinski definition) is 0. The van der Waals surface area contributed by atoms with Gasteiger partial charge in [-0.15, -0.1) is 0 Å². The Morgan fingerprint density at radius 3 is 2.47 bits per heavy atom. The minimum absolute atomic E-state index is 0.801. The Morgan fingerprint density at radius 2 is 1.76 bits per heavy atom. The number of quaternary nitrogens is 2. The van der Waals surface area contributed by atoms with Crippen molar-refractivity contribution in [2.75, 3.05) is 33.2 Å². The summed E-state index contributed by atoms with van der Waals surface area (Å²) >= 11 is 12.4. The second-order valence-electron chi connectivity index (χ2n) is 4.94. The molecule has 1 heterocycles. The zero-order chi connectivity index (χ0) is 12.3. The summed E-state index contributed by atoms with van der Waals surface area (Å²) in [5.41, 5.74) is 1.10. The first-order valence-corrected chi connectivity index (χ1v) is 7.00. The van der Waals surface area contributed by atoms with E-state index in [-0.39, 0.29) is 0 Å². The first-order chi connectivity index (χ1) is 8.16. The van der Waals surface area contributed by atoms with Crippen molar-refractivity contribution in [2.24, 2.45) is 0 Å². The summed E-state index contributed by atoms with van der Waals surface area (Å²) in [6, 6.07) is 5.76. The van der Waals surface area contributed by atoms with E-state index in [1.807, 2.05) is 18.2 Å². The van der Waals surface area contributed by atoms with Crippen LogP contribution in [0.25, 0.3) is 0 Å². The van der Waals surface area contributed by atoms with Crippen LogP contribution in [0.4, 0.5) is 0 Å². The van der Waals surface area contributed by atoms with Gasteiger partial charge in [-0.2, -0.15) is 0 Å². The molecule has 0 saturated carbocycles. The van der Waals surface area contributed by atoms with Crippen LogP contribution in [0.2, 0.25) is 10.0 Å². The SMILES string of the molecule is C[NH+]1CCC[NH+](Cc2c(Cl)cccc2Cl)CC1. The summed E-state index contributed by atoms with van der Waals surface area (Å²) in [6.07, 6.45) is 1.28. The molecular weight excluding hydrogens is 255 g/mol. The molecule has 0 aliphatic carbocycles. The summed E-state index contributed by atoms with van der Waals surface area (Å²) in [7, 11) is 2.27. The summed E-state index contributed by atoms with van der Waals surface area (Å²) in [6.45, 7) is 5.88. The highest BCUT2D eigenvalue weighted by Gasteiger charge is 2.19. The molecule has 2 nitrogen and oxygen atoms in total. The lowest BCUT2D eigenvalue weighted by Gasteiger charge is -2.17. The maximum atomic E-state index is 6.22. The third-order valence-electron chi connectivity index (χ3n) is 3.53. The van der Waals surface area contributed by atoms with Gasteiger partial charge >= 0.3 is 0 Å². The lowest BCUT2D eigenvalue weighted by molar-refractivity contribution is -0.938. The molecule has 1 aromatic rings. The molecule has 4 heteroatoms. The van der Waals surface area contributed by atoms with Crippen LogP contribution in [0.15, 0.2) is 18.2 Å². The van der Waals surface area contributed by atoms with Gasteiger partial charge in [-0.05, 0) is 12.1 Å². The van der Waals surface area contributed by atoms with Crippen LogP contribution in [-0.4, -0.2) is 33.2 Å². The predicted molar refractivity (Wildman–Crippen MR) is 72.1 cm³/mol. The molecule has 2 N–H and O–H groups in total. The minimum atomic E-state index is 0.801. The van der Waals surface area contributed by atoms with E-state index in [2.05, 4.69) is 7.05 Å². The quantitative estimate of drug-likeness (QED) is 0.768. The molecule has 0 aromatic heterocycles. The molecule has 0 spiro atoms. The molecule has 0 bridgehead atoms. The van der Waals surface area contributed by atoms with Gasteiger partial charge in [-0.25, -0.2) is 0 Å². The van der Waals surface area contributed by atoms with E-state index in [0.717, 1.165) is 22.2 Å². The van der Waals surface area contributed by atoms with E-state index in [4.69, 9.17) is 23.2 Å². The van der Waals surface area contributed by atoms with Gasteiger partial charge in [0.15, 0.2) is 0 Å². The number of nitrogens with one attached hydrogen (secondary N) is 2. The smallest absolute Gasteiger partial charge is 0.127 e. The fourth-order valence-corrected chi connectivity index (χ4v) is 2.94. The molecule has 2 unspecified atom stereocenters. The molecule has 1 aliphatic heterocycles. The van der Waals surface area contributed by atoms with E-state index in [0.29, 0.717) is 0 Å². The lowest BCUT2D eigenvalue weighted by Crippen LogP contribution is -3.15. The molecule has 1 aliphatic rings. The van der Waals surface area contributed by atoms with Gasteiger partial charge in [0, 0.05) is 12.0 Å². The van der Waals surface area contributed by atoms with Gasteiger partial charge in [0.1, 0.15) is 19.6 Å². The third-order valence-corrected chi connectivity index (χ3v) is 4.24. The van der Waals surface area contributed by atoms with E-state index in [1.165, 1.54) is 32.6 Å². The third kappa shape index (κ3) is 3.59. The first kappa shape index (κ1) is 13.2. The fourth-order valence-electron chi connectivity index (χ4n) is 2.41. The molecule has 94 valence electrons. The first-order valence-electron chi connectivity index (χ1n) is 6.24. The van der Waals surface area contributed by atoms with Gasteiger partial charge < -0.3 is 9.80 Å². The maximum Gasteiger partial charge on any atom is 0.127 e. The number of likely N-dealkylation sites (N-methyl/N-ethyl adjacent to an activating group) is 1.